The monoisotopic (exact) mass is 325 g/mol. The van der Waals surface area contributed by atoms with Crippen molar-refractivity contribution in [1.82, 2.24) is 5.32 Å². The molecule has 0 rings (SSSR count). The second kappa shape index (κ2) is 12.3. The molecule has 1 N–H and O–H groups in total. The molecule has 0 aromatic carbocycles. The van der Waals surface area contributed by atoms with Crippen LogP contribution in [0.3, 0.4) is 0 Å². The molecule has 0 amide bonds. The fourth-order valence-corrected chi connectivity index (χ4v) is 3.90. The van der Waals surface area contributed by atoms with Crippen LogP contribution in [0.4, 0.5) is 0 Å². The van der Waals surface area contributed by atoms with E-state index in [9.17, 15) is 0 Å². The highest BCUT2D eigenvalue weighted by atomic mass is 14.9. The Bertz CT molecular complexity index is 264. The number of hydrogen-bond donors (Lipinski definition) is 1. The van der Waals surface area contributed by atoms with Gasteiger partial charge in [0.1, 0.15) is 0 Å². The van der Waals surface area contributed by atoms with E-state index >= 15 is 0 Å². The lowest BCUT2D eigenvalue weighted by atomic mass is 9.82. The van der Waals surface area contributed by atoms with Crippen molar-refractivity contribution in [2.75, 3.05) is 13.1 Å². The first-order valence-corrected chi connectivity index (χ1v) is 10.4. The second-order valence-electron chi connectivity index (χ2n) is 9.48. The van der Waals surface area contributed by atoms with Crippen molar-refractivity contribution in [2.24, 2.45) is 29.1 Å². The predicted molar refractivity (Wildman–Crippen MR) is 107 cm³/mol. The highest BCUT2D eigenvalue weighted by Gasteiger charge is 2.16. The van der Waals surface area contributed by atoms with Crippen molar-refractivity contribution in [3.05, 3.63) is 0 Å². The number of nitrogens with one attached hydrogen (secondary N) is 1. The van der Waals surface area contributed by atoms with Crippen LogP contribution in [0.15, 0.2) is 0 Å². The third kappa shape index (κ3) is 13.0. The minimum Gasteiger partial charge on any atom is -0.316 e. The summed E-state index contributed by atoms with van der Waals surface area (Å²) < 4.78 is 0. The van der Waals surface area contributed by atoms with Gasteiger partial charge in [0.05, 0.1) is 0 Å². The smallest absolute Gasteiger partial charge is 0.00182 e. The van der Waals surface area contributed by atoms with Crippen LogP contribution in [0.25, 0.3) is 0 Å². The number of hydrogen-bond acceptors (Lipinski definition) is 1. The summed E-state index contributed by atoms with van der Waals surface area (Å²) in [5.41, 5.74) is 0.486. The first-order valence-electron chi connectivity index (χ1n) is 10.4. The van der Waals surface area contributed by atoms with Crippen LogP contribution in [-0.4, -0.2) is 13.1 Å². The summed E-state index contributed by atoms with van der Waals surface area (Å²) in [6, 6.07) is 0. The fourth-order valence-electron chi connectivity index (χ4n) is 3.90. The molecule has 3 atom stereocenters. The Morgan fingerprint density at radius 1 is 0.870 bits per heavy atom. The lowest BCUT2D eigenvalue weighted by Crippen LogP contribution is -2.27. The zero-order valence-corrected chi connectivity index (χ0v) is 17.7. The van der Waals surface area contributed by atoms with Crippen LogP contribution >= 0.6 is 0 Å². The van der Waals surface area contributed by atoms with Crippen LogP contribution in [0.2, 0.25) is 0 Å². The minimum absolute atomic E-state index is 0.486. The Hall–Kier alpha value is -0.0400. The van der Waals surface area contributed by atoms with Gasteiger partial charge in [-0.3, -0.25) is 0 Å². The molecule has 0 saturated heterocycles. The first-order chi connectivity index (χ1) is 10.7. The summed E-state index contributed by atoms with van der Waals surface area (Å²) >= 11 is 0. The molecule has 1 heteroatoms. The molecular formula is C22H47N. The highest BCUT2D eigenvalue weighted by Crippen LogP contribution is 2.28. The van der Waals surface area contributed by atoms with Gasteiger partial charge in [0.2, 0.25) is 0 Å². The molecule has 23 heavy (non-hydrogen) atoms. The molecule has 0 aliphatic carbocycles. The van der Waals surface area contributed by atoms with Gasteiger partial charge in [-0.05, 0) is 55.0 Å². The Morgan fingerprint density at radius 2 is 1.52 bits per heavy atom. The van der Waals surface area contributed by atoms with E-state index < -0.39 is 0 Å². The zero-order chi connectivity index (χ0) is 17.9. The van der Waals surface area contributed by atoms with E-state index in [-0.39, 0.29) is 0 Å². The van der Waals surface area contributed by atoms with Crippen LogP contribution in [0.1, 0.15) is 100 Å². The van der Waals surface area contributed by atoms with Crippen LogP contribution in [0.5, 0.6) is 0 Å². The van der Waals surface area contributed by atoms with Gasteiger partial charge in [0.15, 0.2) is 0 Å². The van der Waals surface area contributed by atoms with Crippen molar-refractivity contribution in [3.63, 3.8) is 0 Å². The molecule has 0 aromatic heterocycles. The van der Waals surface area contributed by atoms with E-state index in [0.717, 1.165) is 23.7 Å². The van der Waals surface area contributed by atoms with Crippen LogP contribution in [0, 0.1) is 29.1 Å². The van der Waals surface area contributed by atoms with Gasteiger partial charge in [-0.2, -0.15) is 0 Å². The van der Waals surface area contributed by atoms with Crippen molar-refractivity contribution in [3.8, 4) is 0 Å². The standard InChI is InChI=1S/C22H47N/c1-9-20(13-11-12-19(5)16-22(6,7)8)14-15-23-17-21(10-2)18(3)4/h18-21,23H,9-17H2,1-8H3. The summed E-state index contributed by atoms with van der Waals surface area (Å²) in [6.45, 7) is 21.3. The summed E-state index contributed by atoms with van der Waals surface area (Å²) in [5.74, 6) is 3.44. The molecule has 0 aliphatic heterocycles. The van der Waals surface area contributed by atoms with E-state index in [1.165, 1.54) is 58.0 Å². The SMILES string of the molecule is CCC(CCCC(C)CC(C)(C)C)CCNCC(CC)C(C)C. The predicted octanol–water partition coefficient (Wildman–Crippen LogP) is 6.92. The maximum Gasteiger partial charge on any atom is -0.00182 e. The Kier molecular flexibility index (Phi) is 12.3. The van der Waals surface area contributed by atoms with Crippen LogP contribution < -0.4 is 5.32 Å². The summed E-state index contributed by atoms with van der Waals surface area (Å²) in [7, 11) is 0. The van der Waals surface area contributed by atoms with Crippen LogP contribution in [-0.2, 0) is 0 Å². The minimum atomic E-state index is 0.486. The van der Waals surface area contributed by atoms with E-state index in [1.807, 2.05) is 0 Å². The van der Waals surface area contributed by atoms with Crippen molar-refractivity contribution in [1.29, 1.82) is 0 Å². The van der Waals surface area contributed by atoms with E-state index in [2.05, 4.69) is 60.7 Å². The maximum atomic E-state index is 3.71. The third-order valence-electron chi connectivity index (χ3n) is 5.45. The van der Waals surface area contributed by atoms with Gasteiger partial charge in [0.25, 0.3) is 0 Å². The molecule has 0 heterocycles. The zero-order valence-electron chi connectivity index (χ0n) is 17.7. The summed E-state index contributed by atoms with van der Waals surface area (Å²) in [4.78, 5) is 0. The summed E-state index contributed by atoms with van der Waals surface area (Å²) in [5, 5.41) is 3.71. The average Bonchev–Trinajstić information content (AvgIpc) is 2.42. The van der Waals surface area contributed by atoms with E-state index in [4.69, 9.17) is 0 Å². The maximum absolute atomic E-state index is 3.71. The third-order valence-corrected chi connectivity index (χ3v) is 5.45. The lowest BCUT2D eigenvalue weighted by Gasteiger charge is -2.24. The highest BCUT2D eigenvalue weighted by molar-refractivity contribution is 4.69. The molecule has 0 saturated carbocycles. The number of rotatable bonds is 13. The molecule has 1 nitrogen and oxygen atoms in total. The van der Waals surface area contributed by atoms with Gasteiger partial charge < -0.3 is 5.32 Å². The second-order valence-corrected chi connectivity index (χ2v) is 9.48. The molecule has 0 bridgehead atoms. The Morgan fingerprint density at radius 3 is 2.00 bits per heavy atom. The fraction of sp³-hybridized carbons (Fsp3) is 1.00. The largest absolute Gasteiger partial charge is 0.316 e. The molecule has 0 spiro atoms. The lowest BCUT2D eigenvalue weighted by molar-refractivity contribution is 0.283. The molecule has 0 aromatic rings. The summed E-state index contributed by atoms with van der Waals surface area (Å²) in [6.07, 6.45) is 9.61. The molecule has 0 radical (unpaired) electrons. The average molecular weight is 326 g/mol. The van der Waals surface area contributed by atoms with Gasteiger partial charge in [-0.15, -0.1) is 0 Å². The molecule has 0 fully saturated rings. The van der Waals surface area contributed by atoms with Gasteiger partial charge >= 0.3 is 0 Å². The molecule has 140 valence electrons. The van der Waals surface area contributed by atoms with E-state index in [0.29, 0.717) is 5.41 Å². The quantitative estimate of drug-likeness (QED) is 0.362. The van der Waals surface area contributed by atoms with Gasteiger partial charge in [-0.25, -0.2) is 0 Å². The van der Waals surface area contributed by atoms with Gasteiger partial charge in [-0.1, -0.05) is 87.5 Å². The van der Waals surface area contributed by atoms with E-state index in [1.54, 1.807) is 0 Å². The topological polar surface area (TPSA) is 12.0 Å². The van der Waals surface area contributed by atoms with Crippen molar-refractivity contribution < 1.29 is 0 Å². The first kappa shape index (κ1) is 23.0. The Balaban J connectivity index is 3.82. The molecule has 3 unspecified atom stereocenters. The molecule has 0 aliphatic rings. The van der Waals surface area contributed by atoms with Crippen molar-refractivity contribution >= 4 is 0 Å². The molecular weight excluding hydrogens is 278 g/mol. The Labute approximate surface area is 148 Å². The normalized spacial score (nSPS) is 16.6. The van der Waals surface area contributed by atoms with Gasteiger partial charge in [0, 0.05) is 0 Å². The van der Waals surface area contributed by atoms with Crippen molar-refractivity contribution in [2.45, 2.75) is 100 Å².